The fraction of sp³-hybridized carbons (Fsp3) is 0.750. The Morgan fingerprint density at radius 3 is 3.07 bits per heavy atom. The normalized spacial score (nSPS) is 23.7. The third kappa shape index (κ3) is 2.65. The summed E-state index contributed by atoms with van der Waals surface area (Å²) in [5, 5.41) is 12.3. The fourth-order valence-corrected chi connectivity index (χ4v) is 2.81. The van der Waals surface area contributed by atoms with Crippen LogP contribution in [-0.2, 0) is 0 Å². The lowest BCUT2D eigenvalue weighted by Crippen LogP contribution is -2.39. The van der Waals surface area contributed by atoms with Gasteiger partial charge in [-0.05, 0) is 42.4 Å². The lowest BCUT2D eigenvalue weighted by Gasteiger charge is -2.29. The smallest absolute Gasteiger partial charge is 0.206 e. The lowest BCUT2D eigenvalue weighted by atomic mass is 10.1. The number of hydrogen-bond donors (Lipinski definition) is 1. The number of likely N-dealkylation sites (tertiary alicyclic amines) is 1. The van der Waals surface area contributed by atoms with Gasteiger partial charge in [0.05, 0.1) is 0 Å². The molecule has 1 aliphatic rings. The molecule has 0 aromatic carbocycles. The molecule has 1 aliphatic heterocycles. The second kappa shape index (κ2) is 4.55. The van der Waals surface area contributed by atoms with Crippen LogP contribution in [0.15, 0.2) is 3.92 Å². The maximum atomic E-state index is 4.03. The van der Waals surface area contributed by atoms with Crippen LogP contribution in [0.4, 0.5) is 5.13 Å². The predicted octanol–water partition coefficient (Wildman–Crippen LogP) is 1.81. The molecule has 0 amide bonds. The molecule has 14 heavy (non-hydrogen) atoms. The van der Waals surface area contributed by atoms with Crippen molar-refractivity contribution in [2.75, 3.05) is 25.5 Å². The van der Waals surface area contributed by atoms with Gasteiger partial charge in [-0.25, -0.2) is 0 Å². The van der Waals surface area contributed by atoms with E-state index in [1.165, 1.54) is 19.4 Å². The highest BCUT2D eigenvalue weighted by Gasteiger charge is 2.17. The minimum absolute atomic E-state index is 0.522. The second-order valence-corrected chi connectivity index (χ2v) is 5.86. The molecule has 2 heterocycles. The average molecular weight is 277 g/mol. The minimum Gasteiger partial charge on any atom is -0.356 e. The maximum absolute atomic E-state index is 4.03. The Kier molecular flexibility index (Phi) is 3.35. The van der Waals surface area contributed by atoms with E-state index in [9.17, 15) is 0 Å². The molecule has 1 unspecified atom stereocenters. The molecule has 0 radical (unpaired) electrons. The number of nitrogens with one attached hydrogen (secondary N) is 1. The van der Waals surface area contributed by atoms with Crippen molar-refractivity contribution in [3.05, 3.63) is 3.92 Å². The van der Waals surface area contributed by atoms with Crippen molar-refractivity contribution in [1.29, 1.82) is 0 Å². The number of aromatic nitrogens is 2. The van der Waals surface area contributed by atoms with Crippen molar-refractivity contribution < 1.29 is 0 Å². The largest absolute Gasteiger partial charge is 0.356 e. The van der Waals surface area contributed by atoms with Crippen LogP contribution in [-0.4, -0.2) is 41.3 Å². The Bertz CT molecular complexity index is 303. The Morgan fingerprint density at radius 1 is 1.57 bits per heavy atom. The van der Waals surface area contributed by atoms with Crippen molar-refractivity contribution in [3.63, 3.8) is 0 Å². The van der Waals surface area contributed by atoms with Crippen LogP contribution >= 0.6 is 27.3 Å². The molecule has 1 atom stereocenters. The SMILES string of the molecule is CN1CCCC(Nc2nnc(Br)s2)C1. The number of hydrogen-bond acceptors (Lipinski definition) is 5. The van der Waals surface area contributed by atoms with E-state index in [0.29, 0.717) is 6.04 Å². The van der Waals surface area contributed by atoms with E-state index in [2.05, 4.69) is 43.4 Å². The zero-order chi connectivity index (χ0) is 9.97. The molecule has 0 aliphatic carbocycles. The van der Waals surface area contributed by atoms with Crippen molar-refractivity contribution in [1.82, 2.24) is 15.1 Å². The zero-order valence-electron chi connectivity index (χ0n) is 8.03. The first-order valence-electron chi connectivity index (χ1n) is 4.68. The van der Waals surface area contributed by atoms with Crippen molar-refractivity contribution in [2.24, 2.45) is 0 Å². The van der Waals surface area contributed by atoms with Crippen LogP contribution in [0.25, 0.3) is 0 Å². The Labute approximate surface area is 95.8 Å². The summed E-state index contributed by atoms with van der Waals surface area (Å²) in [6.07, 6.45) is 2.48. The van der Waals surface area contributed by atoms with Crippen molar-refractivity contribution in [3.8, 4) is 0 Å². The molecule has 1 aromatic heterocycles. The Hall–Kier alpha value is -0.200. The van der Waals surface area contributed by atoms with Gasteiger partial charge in [-0.3, -0.25) is 0 Å². The third-order valence-corrected chi connectivity index (χ3v) is 3.64. The van der Waals surface area contributed by atoms with E-state index in [1.807, 2.05) is 0 Å². The molecule has 4 nitrogen and oxygen atoms in total. The molecule has 2 rings (SSSR count). The van der Waals surface area contributed by atoms with Crippen LogP contribution in [0.3, 0.4) is 0 Å². The van der Waals surface area contributed by atoms with Crippen molar-refractivity contribution >= 4 is 32.4 Å². The summed E-state index contributed by atoms with van der Waals surface area (Å²) in [6.45, 7) is 2.30. The average Bonchev–Trinajstić information content (AvgIpc) is 2.51. The van der Waals surface area contributed by atoms with E-state index in [1.54, 1.807) is 11.3 Å². The molecular formula is C8H13BrN4S. The number of anilines is 1. The molecule has 0 saturated carbocycles. The summed E-state index contributed by atoms with van der Waals surface area (Å²) >= 11 is 4.85. The first kappa shape index (κ1) is 10.3. The minimum atomic E-state index is 0.522. The molecule has 1 fully saturated rings. The molecule has 6 heteroatoms. The number of piperidine rings is 1. The lowest BCUT2D eigenvalue weighted by molar-refractivity contribution is 0.261. The molecule has 1 aromatic rings. The highest BCUT2D eigenvalue weighted by atomic mass is 79.9. The van der Waals surface area contributed by atoms with E-state index < -0.39 is 0 Å². The third-order valence-electron chi connectivity index (χ3n) is 2.35. The zero-order valence-corrected chi connectivity index (χ0v) is 10.4. The highest BCUT2D eigenvalue weighted by Crippen LogP contribution is 2.22. The van der Waals surface area contributed by atoms with E-state index in [4.69, 9.17) is 0 Å². The number of nitrogens with zero attached hydrogens (tertiary/aromatic N) is 3. The van der Waals surface area contributed by atoms with Gasteiger partial charge < -0.3 is 10.2 Å². The van der Waals surface area contributed by atoms with Crippen LogP contribution in [0, 0.1) is 0 Å². The summed E-state index contributed by atoms with van der Waals surface area (Å²) in [5.41, 5.74) is 0. The number of rotatable bonds is 2. The monoisotopic (exact) mass is 276 g/mol. The van der Waals surface area contributed by atoms with Gasteiger partial charge in [0, 0.05) is 12.6 Å². The van der Waals surface area contributed by atoms with Gasteiger partial charge in [0.25, 0.3) is 0 Å². The van der Waals surface area contributed by atoms with Gasteiger partial charge in [0.1, 0.15) is 0 Å². The second-order valence-electron chi connectivity index (χ2n) is 3.61. The summed E-state index contributed by atoms with van der Waals surface area (Å²) in [6, 6.07) is 0.522. The first-order chi connectivity index (χ1) is 6.74. The molecule has 0 spiro atoms. The maximum Gasteiger partial charge on any atom is 0.206 e. The van der Waals surface area contributed by atoms with Gasteiger partial charge >= 0.3 is 0 Å². The van der Waals surface area contributed by atoms with Gasteiger partial charge in [0.15, 0.2) is 3.92 Å². The molecule has 0 bridgehead atoms. The summed E-state index contributed by atoms with van der Waals surface area (Å²) in [7, 11) is 2.16. The van der Waals surface area contributed by atoms with Crippen LogP contribution < -0.4 is 5.32 Å². The Morgan fingerprint density at radius 2 is 2.43 bits per heavy atom. The van der Waals surface area contributed by atoms with Gasteiger partial charge in [-0.2, -0.15) is 0 Å². The topological polar surface area (TPSA) is 41.0 Å². The fourth-order valence-electron chi connectivity index (χ4n) is 1.72. The highest BCUT2D eigenvalue weighted by molar-refractivity contribution is 9.11. The molecule has 1 N–H and O–H groups in total. The van der Waals surface area contributed by atoms with Gasteiger partial charge in [-0.1, -0.05) is 11.3 Å². The molecule has 78 valence electrons. The Balaban J connectivity index is 1.90. The molecule has 1 saturated heterocycles. The predicted molar refractivity (Wildman–Crippen MR) is 61.8 cm³/mol. The van der Waals surface area contributed by atoms with E-state index >= 15 is 0 Å². The van der Waals surface area contributed by atoms with Crippen LogP contribution in [0.2, 0.25) is 0 Å². The number of halogens is 1. The van der Waals surface area contributed by atoms with Gasteiger partial charge in [0.2, 0.25) is 5.13 Å². The van der Waals surface area contributed by atoms with Crippen LogP contribution in [0.1, 0.15) is 12.8 Å². The summed E-state index contributed by atoms with van der Waals surface area (Å²) in [4.78, 5) is 2.34. The van der Waals surface area contributed by atoms with Gasteiger partial charge in [-0.15, -0.1) is 10.2 Å². The number of likely N-dealkylation sites (N-methyl/N-ethyl adjacent to an activating group) is 1. The first-order valence-corrected chi connectivity index (χ1v) is 6.29. The van der Waals surface area contributed by atoms with Crippen molar-refractivity contribution in [2.45, 2.75) is 18.9 Å². The summed E-state index contributed by atoms with van der Waals surface area (Å²) < 4.78 is 0.837. The standard InChI is InChI=1S/C8H13BrN4S/c1-13-4-2-3-6(5-13)10-8-12-11-7(9)14-8/h6H,2-5H2,1H3,(H,10,12). The summed E-state index contributed by atoms with van der Waals surface area (Å²) in [5.74, 6) is 0. The quantitative estimate of drug-likeness (QED) is 0.895. The van der Waals surface area contributed by atoms with E-state index in [-0.39, 0.29) is 0 Å². The van der Waals surface area contributed by atoms with Crippen LogP contribution in [0.5, 0.6) is 0 Å². The van der Waals surface area contributed by atoms with E-state index in [0.717, 1.165) is 15.6 Å². The molecular weight excluding hydrogens is 264 g/mol.